The van der Waals surface area contributed by atoms with Crippen LogP contribution >= 0.6 is 11.6 Å². The molecule has 0 aromatic heterocycles. The minimum Gasteiger partial charge on any atom is -0.491 e. The number of aliphatic hydroxyl groups is 1. The Morgan fingerprint density at radius 3 is 2.48 bits per heavy atom. The van der Waals surface area contributed by atoms with Crippen LogP contribution in [-0.2, 0) is 4.74 Å². The van der Waals surface area contributed by atoms with Crippen LogP contribution in [0.25, 0.3) is 0 Å². The predicted molar refractivity (Wildman–Crippen MR) is 114 cm³/mol. The molecular formula is C22H27ClN2O4. The van der Waals surface area contributed by atoms with Crippen molar-refractivity contribution in [1.29, 1.82) is 0 Å². The molecule has 0 aliphatic carbocycles. The van der Waals surface area contributed by atoms with Crippen LogP contribution in [0.5, 0.6) is 5.75 Å². The van der Waals surface area contributed by atoms with Gasteiger partial charge in [0, 0.05) is 43.4 Å². The van der Waals surface area contributed by atoms with Crippen LogP contribution in [0.1, 0.15) is 15.9 Å². The molecular weight excluding hydrogens is 392 g/mol. The molecule has 2 aromatic carbocycles. The molecule has 1 heterocycles. The van der Waals surface area contributed by atoms with Gasteiger partial charge in [0.2, 0.25) is 0 Å². The topological polar surface area (TPSA) is 62.2 Å². The van der Waals surface area contributed by atoms with E-state index >= 15 is 0 Å². The van der Waals surface area contributed by atoms with Crippen LogP contribution in [0.3, 0.4) is 0 Å². The molecule has 1 saturated heterocycles. The number of carbonyl (C=O) groups excluding carboxylic acids is 1. The number of nitrogens with zero attached hydrogens (tertiary/aromatic N) is 2. The molecule has 1 fully saturated rings. The summed E-state index contributed by atoms with van der Waals surface area (Å²) in [6.07, 6.45) is -0.588. The fourth-order valence-electron chi connectivity index (χ4n) is 3.44. The molecule has 7 heteroatoms. The molecule has 1 unspecified atom stereocenters. The largest absolute Gasteiger partial charge is 0.491 e. The second kappa shape index (κ2) is 9.96. The number of hydrogen-bond acceptors (Lipinski definition) is 6. The quantitative estimate of drug-likeness (QED) is 0.697. The maximum absolute atomic E-state index is 11.4. The lowest BCUT2D eigenvalue weighted by Gasteiger charge is -2.37. The number of methoxy groups -OCH3 is 1. The lowest BCUT2D eigenvalue weighted by molar-refractivity contribution is 0.0599. The van der Waals surface area contributed by atoms with E-state index in [1.165, 1.54) is 18.4 Å². The molecule has 1 N–H and O–H groups in total. The Hall–Kier alpha value is -2.28. The molecule has 0 spiro atoms. The van der Waals surface area contributed by atoms with Gasteiger partial charge >= 0.3 is 5.97 Å². The Bertz CT molecular complexity index is 820. The van der Waals surface area contributed by atoms with Gasteiger partial charge in [-0.25, -0.2) is 4.79 Å². The maximum Gasteiger partial charge on any atom is 0.337 e. The van der Waals surface area contributed by atoms with Crippen LogP contribution in [0.15, 0.2) is 42.5 Å². The third-order valence-electron chi connectivity index (χ3n) is 5.07. The third-order valence-corrected chi connectivity index (χ3v) is 5.31. The van der Waals surface area contributed by atoms with Crippen molar-refractivity contribution in [3.63, 3.8) is 0 Å². The van der Waals surface area contributed by atoms with Crippen LogP contribution in [-0.4, -0.2) is 68.5 Å². The number of carbonyl (C=O) groups is 1. The molecule has 1 aliphatic rings. The summed E-state index contributed by atoms with van der Waals surface area (Å²) in [6.45, 7) is 6.38. The molecule has 156 valence electrons. The molecule has 6 nitrogen and oxygen atoms in total. The average Bonchev–Trinajstić information content (AvgIpc) is 2.74. The normalized spacial score (nSPS) is 15.8. The van der Waals surface area contributed by atoms with E-state index in [9.17, 15) is 9.90 Å². The molecule has 1 atom stereocenters. The summed E-state index contributed by atoms with van der Waals surface area (Å²) < 4.78 is 10.3. The van der Waals surface area contributed by atoms with Crippen LogP contribution in [0.4, 0.5) is 5.69 Å². The third kappa shape index (κ3) is 5.85. The van der Waals surface area contributed by atoms with Crippen LogP contribution < -0.4 is 9.64 Å². The van der Waals surface area contributed by atoms with Gasteiger partial charge in [-0.3, -0.25) is 4.90 Å². The van der Waals surface area contributed by atoms with E-state index in [1.807, 2.05) is 18.2 Å². The Morgan fingerprint density at radius 1 is 1.14 bits per heavy atom. The van der Waals surface area contributed by atoms with Gasteiger partial charge in [-0.15, -0.1) is 0 Å². The number of piperazine rings is 1. The summed E-state index contributed by atoms with van der Waals surface area (Å²) in [6, 6.07) is 12.7. The van der Waals surface area contributed by atoms with E-state index in [2.05, 4.69) is 21.5 Å². The van der Waals surface area contributed by atoms with E-state index in [0.29, 0.717) is 17.9 Å². The highest BCUT2D eigenvalue weighted by atomic mass is 35.5. The van der Waals surface area contributed by atoms with Crippen molar-refractivity contribution in [3.8, 4) is 5.75 Å². The number of β-amino-alcohol motifs (C(OH)–C–C–N with tert-alkyl or cyclic N) is 1. The number of esters is 1. The highest BCUT2D eigenvalue weighted by molar-refractivity contribution is 6.30. The highest BCUT2D eigenvalue weighted by Gasteiger charge is 2.21. The lowest BCUT2D eigenvalue weighted by Crippen LogP contribution is -2.49. The summed E-state index contributed by atoms with van der Waals surface area (Å²) in [5.74, 6) is 0.224. The predicted octanol–water partition coefficient (Wildman–Crippen LogP) is 3.00. The van der Waals surface area contributed by atoms with E-state index in [4.69, 9.17) is 16.3 Å². The highest BCUT2D eigenvalue weighted by Crippen LogP contribution is 2.25. The molecule has 29 heavy (non-hydrogen) atoms. The summed E-state index contributed by atoms with van der Waals surface area (Å²) in [4.78, 5) is 16.0. The van der Waals surface area contributed by atoms with Crippen molar-refractivity contribution >= 4 is 23.3 Å². The first kappa shape index (κ1) is 21.4. The van der Waals surface area contributed by atoms with Gasteiger partial charge in [0.15, 0.2) is 0 Å². The standard InChI is InChI=1S/C22H27ClN2O4/c1-16-3-6-18(23)13-21(16)25-11-9-24(10-12-25)14-19(26)15-29-20-7-4-17(5-8-20)22(27)28-2/h3-8,13,19,26H,9-12,14-15H2,1-2H3. The number of ether oxygens (including phenoxy) is 2. The molecule has 0 saturated carbocycles. The Morgan fingerprint density at radius 2 is 1.83 bits per heavy atom. The first-order chi connectivity index (χ1) is 14.0. The molecule has 3 rings (SSSR count). The van der Waals surface area contributed by atoms with Gasteiger partial charge < -0.3 is 19.5 Å². The van der Waals surface area contributed by atoms with E-state index in [-0.39, 0.29) is 12.6 Å². The maximum atomic E-state index is 11.4. The molecule has 2 aromatic rings. The van der Waals surface area contributed by atoms with E-state index < -0.39 is 6.10 Å². The van der Waals surface area contributed by atoms with Gasteiger partial charge in [-0.05, 0) is 48.9 Å². The zero-order valence-electron chi connectivity index (χ0n) is 16.8. The molecule has 0 radical (unpaired) electrons. The fraction of sp³-hybridized carbons (Fsp3) is 0.409. The van der Waals surface area contributed by atoms with Crippen LogP contribution in [0, 0.1) is 6.92 Å². The number of aliphatic hydroxyl groups excluding tert-OH is 1. The number of aryl methyl sites for hydroxylation is 1. The summed E-state index contributed by atoms with van der Waals surface area (Å²) >= 11 is 6.14. The minimum absolute atomic E-state index is 0.200. The van der Waals surface area contributed by atoms with Gasteiger partial charge in [0.25, 0.3) is 0 Å². The van der Waals surface area contributed by atoms with Crippen LogP contribution in [0.2, 0.25) is 5.02 Å². The Labute approximate surface area is 176 Å². The zero-order chi connectivity index (χ0) is 20.8. The Balaban J connectivity index is 1.43. The number of halogens is 1. The smallest absolute Gasteiger partial charge is 0.337 e. The molecule has 1 aliphatic heterocycles. The second-order valence-electron chi connectivity index (χ2n) is 7.20. The SMILES string of the molecule is COC(=O)c1ccc(OCC(O)CN2CCN(c3cc(Cl)ccc3C)CC2)cc1. The minimum atomic E-state index is -0.588. The van der Waals surface area contributed by atoms with E-state index in [1.54, 1.807) is 24.3 Å². The van der Waals surface area contributed by atoms with Crippen molar-refractivity contribution in [1.82, 2.24) is 4.90 Å². The summed E-state index contributed by atoms with van der Waals surface area (Å²) in [5, 5.41) is 11.1. The first-order valence-electron chi connectivity index (χ1n) is 9.69. The number of benzene rings is 2. The number of hydrogen-bond donors (Lipinski definition) is 1. The summed E-state index contributed by atoms with van der Waals surface area (Å²) in [7, 11) is 1.35. The number of rotatable bonds is 7. The molecule has 0 bridgehead atoms. The van der Waals surface area contributed by atoms with Gasteiger partial charge in [0.05, 0.1) is 12.7 Å². The number of anilines is 1. The van der Waals surface area contributed by atoms with Gasteiger partial charge in [-0.1, -0.05) is 17.7 Å². The lowest BCUT2D eigenvalue weighted by atomic mass is 10.1. The van der Waals surface area contributed by atoms with Crippen molar-refractivity contribution in [2.75, 3.05) is 51.3 Å². The zero-order valence-corrected chi connectivity index (χ0v) is 17.6. The van der Waals surface area contributed by atoms with Gasteiger partial charge in [-0.2, -0.15) is 0 Å². The van der Waals surface area contributed by atoms with Gasteiger partial charge in [0.1, 0.15) is 18.5 Å². The molecule has 0 amide bonds. The first-order valence-corrected chi connectivity index (χ1v) is 10.1. The monoisotopic (exact) mass is 418 g/mol. The fourth-order valence-corrected chi connectivity index (χ4v) is 3.61. The Kier molecular flexibility index (Phi) is 7.36. The summed E-state index contributed by atoms with van der Waals surface area (Å²) in [5.41, 5.74) is 2.86. The van der Waals surface area contributed by atoms with Crippen molar-refractivity contribution in [2.45, 2.75) is 13.0 Å². The second-order valence-corrected chi connectivity index (χ2v) is 7.64. The van der Waals surface area contributed by atoms with E-state index in [0.717, 1.165) is 31.2 Å². The van der Waals surface area contributed by atoms with Crippen molar-refractivity contribution < 1.29 is 19.4 Å². The van der Waals surface area contributed by atoms with Crippen molar-refractivity contribution in [2.24, 2.45) is 0 Å². The van der Waals surface area contributed by atoms with Crippen molar-refractivity contribution in [3.05, 3.63) is 58.6 Å². The average molecular weight is 419 g/mol.